The molecule has 1 N–H and O–H groups in total. The summed E-state index contributed by atoms with van der Waals surface area (Å²) in [6.07, 6.45) is 2.93. The first-order chi connectivity index (χ1) is 8.50. The Labute approximate surface area is 108 Å². The van der Waals surface area contributed by atoms with Crippen molar-refractivity contribution in [2.75, 3.05) is 18.9 Å². The average Bonchev–Trinajstić information content (AvgIpc) is 2.79. The third-order valence-electron chi connectivity index (χ3n) is 3.75. The summed E-state index contributed by atoms with van der Waals surface area (Å²) in [7, 11) is 1.85. The Balaban J connectivity index is 2.16. The second kappa shape index (κ2) is 5.00. The lowest BCUT2D eigenvalue weighted by Gasteiger charge is -2.27. The molecule has 0 spiro atoms. The number of hydrogen-bond acceptors (Lipinski definition) is 3. The fourth-order valence-electron chi connectivity index (χ4n) is 2.09. The standard InChI is InChI=1S/C13H22N4O/c1-9(2)10(3)16(4)12(18)11-8-17-7-5-6-14-13(17)15-11/h8-10H,5-7H2,1-4H3,(H,14,15). The van der Waals surface area contributed by atoms with Crippen LogP contribution in [0.3, 0.4) is 0 Å². The maximum atomic E-state index is 12.3. The van der Waals surface area contributed by atoms with E-state index in [1.54, 1.807) is 4.90 Å². The lowest BCUT2D eigenvalue weighted by atomic mass is 10.1. The van der Waals surface area contributed by atoms with Gasteiger partial charge in [0, 0.05) is 32.4 Å². The molecule has 1 aliphatic heterocycles. The molecule has 1 aromatic heterocycles. The number of fused-ring (bicyclic) bond motifs is 1. The highest BCUT2D eigenvalue weighted by Crippen LogP contribution is 2.17. The van der Waals surface area contributed by atoms with E-state index in [0.29, 0.717) is 11.6 Å². The Morgan fingerprint density at radius 3 is 2.83 bits per heavy atom. The molecule has 1 aliphatic rings. The number of nitrogens with zero attached hydrogens (tertiary/aromatic N) is 3. The van der Waals surface area contributed by atoms with Crippen LogP contribution in [0, 0.1) is 5.92 Å². The molecule has 2 heterocycles. The molecule has 0 aliphatic carbocycles. The normalized spacial score (nSPS) is 16.1. The second-order valence-corrected chi connectivity index (χ2v) is 5.32. The molecule has 1 amide bonds. The van der Waals surface area contributed by atoms with Crippen LogP contribution in [-0.2, 0) is 6.54 Å². The SMILES string of the molecule is CC(C)C(C)N(C)C(=O)c1cn2c(n1)NCCC2. The van der Waals surface area contributed by atoms with E-state index < -0.39 is 0 Å². The first kappa shape index (κ1) is 12.9. The highest BCUT2D eigenvalue weighted by Gasteiger charge is 2.23. The Bertz CT molecular complexity index is 415. The summed E-state index contributed by atoms with van der Waals surface area (Å²) in [6, 6.07) is 0.212. The summed E-state index contributed by atoms with van der Waals surface area (Å²) in [5.74, 6) is 1.25. The minimum Gasteiger partial charge on any atom is -0.356 e. The van der Waals surface area contributed by atoms with Crippen LogP contribution < -0.4 is 5.32 Å². The molecule has 0 aromatic carbocycles. The van der Waals surface area contributed by atoms with Gasteiger partial charge >= 0.3 is 0 Å². The van der Waals surface area contributed by atoms with E-state index in [2.05, 4.69) is 31.1 Å². The van der Waals surface area contributed by atoms with Crippen LogP contribution in [0.15, 0.2) is 6.20 Å². The van der Waals surface area contributed by atoms with Gasteiger partial charge in [-0.1, -0.05) is 13.8 Å². The van der Waals surface area contributed by atoms with Crippen LogP contribution >= 0.6 is 0 Å². The molecule has 2 rings (SSSR count). The van der Waals surface area contributed by atoms with Gasteiger partial charge < -0.3 is 14.8 Å². The molecule has 18 heavy (non-hydrogen) atoms. The van der Waals surface area contributed by atoms with Crippen molar-refractivity contribution in [3.8, 4) is 0 Å². The van der Waals surface area contributed by atoms with Crippen LogP contribution in [0.1, 0.15) is 37.7 Å². The Hall–Kier alpha value is -1.52. The summed E-state index contributed by atoms with van der Waals surface area (Å²) in [5.41, 5.74) is 0.536. The Morgan fingerprint density at radius 1 is 1.50 bits per heavy atom. The van der Waals surface area contributed by atoms with E-state index in [4.69, 9.17) is 0 Å². The van der Waals surface area contributed by atoms with E-state index >= 15 is 0 Å². The van der Waals surface area contributed by atoms with Gasteiger partial charge in [-0.2, -0.15) is 0 Å². The first-order valence-corrected chi connectivity index (χ1v) is 6.59. The van der Waals surface area contributed by atoms with Crippen molar-refractivity contribution in [1.29, 1.82) is 0 Å². The van der Waals surface area contributed by atoms with Crippen molar-refractivity contribution in [1.82, 2.24) is 14.5 Å². The zero-order chi connectivity index (χ0) is 13.3. The zero-order valence-electron chi connectivity index (χ0n) is 11.6. The number of carbonyl (C=O) groups excluding carboxylic acids is 1. The van der Waals surface area contributed by atoms with Gasteiger partial charge in [-0.3, -0.25) is 4.79 Å². The molecule has 0 fully saturated rings. The summed E-state index contributed by atoms with van der Waals surface area (Å²) in [5, 5.41) is 3.21. The number of aryl methyl sites for hydroxylation is 1. The molecule has 100 valence electrons. The van der Waals surface area contributed by atoms with Crippen molar-refractivity contribution in [2.24, 2.45) is 5.92 Å². The van der Waals surface area contributed by atoms with Gasteiger partial charge in [0.2, 0.25) is 5.95 Å². The van der Waals surface area contributed by atoms with Gasteiger partial charge in [0.05, 0.1) is 0 Å². The lowest BCUT2D eigenvalue weighted by molar-refractivity contribution is 0.0701. The number of rotatable bonds is 3. The maximum Gasteiger partial charge on any atom is 0.274 e. The average molecular weight is 250 g/mol. The minimum absolute atomic E-state index is 0.0000926. The van der Waals surface area contributed by atoms with Gasteiger partial charge in [-0.25, -0.2) is 4.98 Å². The van der Waals surface area contributed by atoms with E-state index in [9.17, 15) is 4.79 Å². The third-order valence-corrected chi connectivity index (χ3v) is 3.75. The largest absolute Gasteiger partial charge is 0.356 e. The zero-order valence-corrected chi connectivity index (χ0v) is 11.6. The molecule has 1 atom stereocenters. The molecule has 1 aromatic rings. The summed E-state index contributed by atoms with van der Waals surface area (Å²) >= 11 is 0. The van der Waals surface area contributed by atoms with E-state index in [-0.39, 0.29) is 11.9 Å². The molecular formula is C13H22N4O. The van der Waals surface area contributed by atoms with E-state index in [1.807, 2.05) is 17.8 Å². The number of amides is 1. The van der Waals surface area contributed by atoms with Gasteiger partial charge in [-0.05, 0) is 19.3 Å². The molecule has 0 bridgehead atoms. The molecule has 0 saturated heterocycles. The van der Waals surface area contributed by atoms with Crippen molar-refractivity contribution >= 4 is 11.9 Å². The highest BCUT2D eigenvalue weighted by molar-refractivity contribution is 5.92. The van der Waals surface area contributed by atoms with Gasteiger partial charge in [0.15, 0.2) is 0 Å². The lowest BCUT2D eigenvalue weighted by Crippen LogP contribution is -2.38. The first-order valence-electron chi connectivity index (χ1n) is 6.59. The maximum absolute atomic E-state index is 12.3. The molecule has 1 unspecified atom stereocenters. The van der Waals surface area contributed by atoms with Crippen LogP contribution in [0.25, 0.3) is 0 Å². The Kier molecular flexibility index (Phi) is 3.59. The van der Waals surface area contributed by atoms with Gasteiger partial charge in [0.25, 0.3) is 5.91 Å². The van der Waals surface area contributed by atoms with Crippen molar-refractivity contribution < 1.29 is 4.79 Å². The predicted molar refractivity (Wildman–Crippen MR) is 71.7 cm³/mol. The van der Waals surface area contributed by atoms with Crippen LogP contribution in [0.4, 0.5) is 5.95 Å². The predicted octanol–water partition coefficient (Wildman–Crippen LogP) is 1.82. The van der Waals surface area contributed by atoms with Crippen molar-refractivity contribution in [2.45, 2.75) is 39.8 Å². The summed E-state index contributed by atoms with van der Waals surface area (Å²) in [4.78, 5) is 18.5. The molecular weight excluding hydrogens is 228 g/mol. The molecule has 0 radical (unpaired) electrons. The topological polar surface area (TPSA) is 50.2 Å². The monoisotopic (exact) mass is 250 g/mol. The number of aromatic nitrogens is 2. The highest BCUT2D eigenvalue weighted by atomic mass is 16.2. The molecule has 0 saturated carbocycles. The van der Waals surface area contributed by atoms with Crippen LogP contribution in [-0.4, -0.2) is 40.0 Å². The smallest absolute Gasteiger partial charge is 0.274 e. The number of nitrogens with one attached hydrogen (secondary N) is 1. The fraction of sp³-hybridized carbons (Fsp3) is 0.692. The number of carbonyl (C=O) groups is 1. The quantitative estimate of drug-likeness (QED) is 0.890. The third kappa shape index (κ3) is 2.35. The van der Waals surface area contributed by atoms with E-state index in [0.717, 1.165) is 25.5 Å². The van der Waals surface area contributed by atoms with Gasteiger partial charge in [0.1, 0.15) is 5.69 Å². The summed E-state index contributed by atoms with van der Waals surface area (Å²) in [6.45, 7) is 8.17. The number of imidazole rings is 1. The summed E-state index contributed by atoms with van der Waals surface area (Å²) < 4.78 is 2.02. The van der Waals surface area contributed by atoms with E-state index in [1.165, 1.54) is 0 Å². The van der Waals surface area contributed by atoms with Gasteiger partial charge in [-0.15, -0.1) is 0 Å². The van der Waals surface area contributed by atoms with Crippen molar-refractivity contribution in [3.63, 3.8) is 0 Å². The molecule has 5 heteroatoms. The second-order valence-electron chi connectivity index (χ2n) is 5.32. The fourth-order valence-corrected chi connectivity index (χ4v) is 2.09. The number of hydrogen-bond donors (Lipinski definition) is 1. The van der Waals surface area contributed by atoms with Crippen LogP contribution in [0.5, 0.6) is 0 Å². The van der Waals surface area contributed by atoms with Crippen molar-refractivity contribution in [3.05, 3.63) is 11.9 Å². The molecule has 5 nitrogen and oxygen atoms in total. The number of anilines is 1. The minimum atomic E-state index is -0.0000926. The van der Waals surface area contributed by atoms with Crippen LogP contribution in [0.2, 0.25) is 0 Å². The Morgan fingerprint density at radius 2 is 2.22 bits per heavy atom.